The fourth-order valence-corrected chi connectivity index (χ4v) is 6.50. The molecule has 0 aliphatic rings. The van der Waals surface area contributed by atoms with Crippen molar-refractivity contribution in [2.24, 2.45) is 0 Å². The second kappa shape index (κ2) is 12.3. The van der Waals surface area contributed by atoms with Crippen molar-refractivity contribution in [3.63, 3.8) is 0 Å². The fourth-order valence-electron chi connectivity index (χ4n) is 4.65. The van der Waals surface area contributed by atoms with Crippen LogP contribution in [0.2, 0.25) is 0 Å². The van der Waals surface area contributed by atoms with Crippen LogP contribution in [0.1, 0.15) is 59.5 Å². The lowest BCUT2D eigenvalue weighted by Crippen LogP contribution is -2.36. The van der Waals surface area contributed by atoms with Crippen LogP contribution in [-0.4, -0.2) is 0 Å². The Kier molecular flexibility index (Phi) is 9.22. The molecule has 2 unspecified atom stereocenters. The second-order valence-corrected chi connectivity index (χ2v) is 11.8. The molecule has 0 aliphatic carbocycles. The van der Waals surface area contributed by atoms with Gasteiger partial charge in [0.1, 0.15) is 0 Å². The van der Waals surface area contributed by atoms with Crippen molar-refractivity contribution in [1.82, 2.24) is 0 Å². The van der Waals surface area contributed by atoms with Gasteiger partial charge in [-0.1, -0.05) is 49.9 Å². The van der Waals surface area contributed by atoms with Gasteiger partial charge in [0.15, 0.2) is 12.4 Å². The Balaban J connectivity index is 1.17. The minimum atomic E-state index is 0.453. The number of nitrogen functional groups attached to an aromatic ring is 2. The van der Waals surface area contributed by atoms with Gasteiger partial charge in [0, 0.05) is 37.1 Å². The topological polar surface area (TPSA) is 59.8 Å². The van der Waals surface area contributed by atoms with Gasteiger partial charge in [0.25, 0.3) is 0 Å². The number of alkyl halides is 2. The van der Waals surface area contributed by atoms with Crippen molar-refractivity contribution in [2.45, 2.75) is 59.5 Å². The molecule has 4 nitrogen and oxygen atoms in total. The molecule has 0 aliphatic heterocycles. The van der Waals surface area contributed by atoms with Crippen LogP contribution in [-0.2, 0) is 0 Å². The number of pyridine rings is 2. The molecule has 178 valence electrons. The van der Waals surface area contributed by atoms with Crippen LogP contribution in [0.25, 0.3) is 21.8 Å². The van der Waals surface area contributed by atoms with E-state index < -0.39 is 0 Å². The summed E-state index contributed by atoms with van der Waals surface area (Å²) in [5, 5.41) is 2.29. The Morgan fingerprint density at radius 2 is 0.941 bits per heavy atom. The van der Waals surface area contributed by atoms with Crippen LogP contribution < -0.4 is 20.6 Å². The molecule has 0 fully saturated rings. The normalized spacial score (nSPS) is 13.4. The first-order chi connectivity index (χ1) is 16.6. The molecule has 0 bridgehead atoms. The molecule has 4 aromatic rings. The van der Waals surface area contributed by atoms with Crippen LogP contribution in [0, 0.1) is 0 Å². The molecule has 2 aromatic carbocycles. The Morgan fingerprint density at radius 3 is 1.38 bits per heavy atom. The number of anilines is 2. The summed E-state index contributed by atoms with van der Waals surface area (Å²) < 4.78 is 5.64. The quantitative estimate of drug-likeness (QED) is 0.0750. The van der Waals surface area contributed by atoms with Gasteiger partial charge < -0.3 is 11.5 Å². The van der Waals surface area contributed by atoms with E-state index in [1.54, 1.807) is 0 Å². The molecule has 0 saturated heterocycles. The number of nitrogens with zero attached hydrogens (tertiary/aromatic N) is 2. The summed E-state index contributed by atoms with van der Waals surface area (Å²) in [4.78, 5) is 0. The van der Waals surface area contributed by atoms with E-state index in [-0.39, 0.29) is 0 Å². The van der Waals surface area contributed by atoms with Gasteiger partial charge in [-0.3, -0.25) is 0 Å². The number of para-hydroxylation sites is 2. The average Bonchev–Trinajstić information content (AvgIpc) is 2.86. The highest BCUT2D eigenvalue weighted by Crippen LogP contribution is 2.25. The average molecular weight is 680 g/mol. The summed E-state index contributed by atoms with van der Waals surface area (Å²) in [6, 6.07) is 20.9. The van der Waals surface area contributed by atoms with Gasteiger partial charge in [-0.15, -0.1) is 0 Å². The van der Waals surface area contributed by atoms with Gasteiger partial charge in [-0.25, -0.2) is 0 Å². The standard InChI is InChI=1S/C28H32I2N4/c29-27(33-19-17-23(31)21-11-7-9-13-25(21)33)15-5-3-1-2-4-6-16-28(30)34-20-18-24(32)22-12-8-10-14-26(22)34/h7-14,17-20,27-28,31-32H,1-6,15-16H2/p+2. The first-order valence-corrected chi connectivity index (χ1v) is 14.7. The lowest BCUT2D eigenvalue weighted by Gasteiger charge is -2.10. The van der Waals surface area contributed by atoms with E-state index in [1.807, 2.05) is 12.1 Å². The number of benzene rings is 2. The maximum atomic E-state index is 6.16. The summed E-state index contributed by atoms with van der Waals surface area (Å²) in [5.41, 5.74) is 16.5. The summed E-state index contributed by atoms with van der Waals surface area (Å²) in [6.45, 7) is 0. The Bertz CT molecular complexity index is 1150. The third kappa shape index (κ3) is 6.11. The van der Waals surface area contributed by atoms with E-state index in [2.05, 4.69) is 115 Å². The molecule has 0 amide bonds. The number of unbranched alkanes of at least 4 members (excludes halogenated alkanes) is 5. The third-order valence-corrected chi connectivity index (χ3v) is 9.00. The number of fused-ring (bicyclic) bond motifs is 2. The van der Waals surface area contributed by atoms with E-state index in [0.29, 0.717) is 8.10 Å². The first kappa shape index (κ1) is 25.4. The van der Waals surface area contributed by atoms with Crippen LogP contribution in [0.3, 0.4) is 0 Å². The van der Waals surface area contributed by atoms with E-state index in [4.69, 9.17) is 11.5 Å². The Morgan fingerprint density at radius 1 is 0.559 bits per heavy atom. The molecule has 6 heteroatoms. The first-order valence-electron chi connectivity index (χ1n) is 12.2. The summed E-state index contributed by atoms with van der Waals surface area (Å²) in [7, 11) is 0. The van der Waals surface area contributed by atoms with Crippen molar-refractivity contribution >= 4 is 78.4 Å². The van der Waals surface area contributed by atoms with E-state index >= 15 is 0 Å². The molecule has 0 saturated carbocycles. The number of rotatable bonds is 11. The van der Waals surface area contributed by atoms with Gasteiger partial charge in [-0.05, 0) is 70.2 Å². The number of hydrogen-bond acceptors (Lipinski definition) is 2. The van der Waals surface area contributed by atoms with Crippen LogP contribution in [0.5, 0.6) is 0 Å². The fraction of sp³-hybridized carbons (Fsp3) is 0.357. The zero-order chi connectivity index (χ0) is 23.9. The molecule has 4 N–H and O–H groups in total. The maximum Gasteiger partial charge on any atom is 0.215 e. The Hall–Kier alpha value is -1.68. The molecule has 4 rings (SSSR count). The minimum absolute atomic E-state index is 0.453. The maximum absolute atomic E-state index is 6.16. The molecule has 34 heavy (non-hydrogen) atoms. The summed E-state index contributed by atoms with van der Waals surface area (Å²) in [5.74, 6) is 0. The van der Waals surface area contributed by atoms with Gasteiger partial charge in [-0.2, -0.15) is 9.13 Å². The third-order valence-electron chi connectivity index (χ3n) is 6.55. The molecule has 2 heterocycles. The zero-order valence-electron chi connectivity index (χ0n) is 19.5. The van der Waals surface area contributed by atoms with E-state index in [9.17, 15) is 0 Å². The predicted molar refractivity (Wildman–Crippen MR) is 160 cm³/mol. The summed E-state index contributed by atoms with van der Waals surface area (Å²) in [6.07, 6.45) is 14.4. The van der Waals surface area contributed by atoms with Crippen molar-refractivity contribution < 1.29 is 9.13 Å². The molecule has 2 aromatic heterocycles. The van der Waals surface area contributed by atoms with Gasteiger partial charge >= 0.3 is 0 Å². The highest BCUT2D eigenvalue weighted by molar-refractivity contribution is 14.1. The van der Waals surface area contributed by atoms with Crippen LogP contribution >= 0.6 is 45.2 Å². The predicted octanol–water partition coefficient (Wildman–Crippen LogP) is 7.42. The lowest BCUT2D eigenvalue weighted by atomic mass is 10.1. The minimum Gasteiger partial charge on any atom is -0.398 e. The van der Waals surface area contributed by atoms with Crippen molar-refractivity contribution in [3.05, 3.63) is 73.1 Å². The molecule has 0 radical (unpaired) electrons. The van der Waals surface area contributed by atoms with E-state index in [1.165, 1.54) is 62.4 Å². The highest BCUT2D eigenvalue weighted by atomic mass is 127. The molecular formula is C28H34I2N4+2. The number of halogens is 2. The highest BCUT2D eigenvalue weighted by Gasteiger charge is 2.20. The molecule has 0 spiro atoms. The monoisotopic (exact) mass is 680 g/mol. The SMILES string of the molecule is Nc1cc[n+](C(I)CCCCCCCCC(I)[n+]2ccc(N)c3ccccc32)c2ccccc12. The van der Waals surface area contributed by atoms with Gasteiger partial charge in [0.2, 0.25) is 19.1 Å². The Labute approximate surface area is 230 Å². The van der Waals surface area contributed by atoms with Crippen molar-refractivity contribution in [2.75, 3.05) is 11.5 Å². The number of hydrogen-bond donors (Lipinski definition) is 2. The number of aromatic nitrogens is 2. The lowest BCUT2D eigenvalue weighted by molar-refractivity contribution is -0.669. The largest absolute Gasteiger partial charge is 0.398 e. The molecular weight excluding hydrogens is 646 g/mol. The number of nitrogens with two attached hydrogens (primary N) is 2. The summed E-state index contributed by atoms with van der Waals surface area (Å²) >= 11 is 5.15. The second-order valence-electron chi connectivity index (χ2n) is 8.96. The van der Waals surface area contributed by atoms with E-state index in [0.717, 1.165) is 22.1 Å². The van der Waals surface area contributed by atoms with Crippen molar-refractivity contribution in [3.8, 4) is 0 Å². The zero-order valence-corrected chi connectivity index (χ0v) is 23.9. The van der Waals surface area contributed by atoms with Crippen LogP contribution in [0.4, 0.5) is 11.4 Å². The van der Waals surface area contributed by atoms with Gasteiger partial charge in [0.05, 0.1) is 22.1 Å². The smallest absolute Gasteiger partial charge is 0.215 e. The molecule has 2 atom stereocenters. The van der Waals surface area contributed by atoms with Crippen LogP contribution in [0.15, 0.2) is 73.1 Å². The van der Waals surface area contributed by atoms with Crippen molar-refractivity contribution in [1.29, 1.82) is 0 Å².